The fraction of sp³-hybridized carbons (Fsp3) is 0.500. The van der Waals surface area contributed by atoms with Crippen molar-refractivity contribution in [3.8, 4) is 0 Å². The highest BCUT2D eigenvalue weighted by Crippen LogP contribution is 2.12. The van der Waals surface area contributed by atoms with E-state index in [0.717, 1.165) is 11.1 Å². The molecule has 4 nitrogen and oxygen atoms in total. The van der Waals surface area contributed by atoms with Crippen molar-refractivity contribution in [2.75, 3.05) is 19.7 Å². The first-order valence-corrected chi connectivity index (χ1v) is 6.61. The van der Waals surface area contributed by atoms with Crippen LogP contribution >= 0.6 is 0 Å². The number of carbonyl (C=O) groups is 1. The Balaban J connectivity index is 2.39. The normalized spacial score (nSPS) is 11.4. The van der Waals surface area contributed by atoms with Crippen LogP contribution < -0.4 is 10.6 Å². The minimum atomic E-state index is -4.32. The molecule has 1 aromatic rings. The van der Waals surface area contributed by atoms with Crippen molar-refractivity contribution >= 4 is 5.91 Å². The van der Waals surface area contributed by atoms with Crippen LogP contribution in [-0.4, -0.2) is 31.8 Å². The number of hydrogen-bond donors (Lipinski definition) is 2. The molecule has 1 aromatic carbocycles. The largest absolute Gasteiger partial charge is 0.401 e. The van der Waals surface area contributed by atoms with Crippen LogP contribution in [0.15, 0.2) is 24.3 Å². The Morgan fingerprint density at radius 3 is 2.52 bits per heavy atom. The number of hydrogen-bond acceptors (Lipinski definition) is 3. The van der Waals surface area contributed by atoms with Gasteiger partial charge in [-0.1, -0.05) is 24.3 Å². The summed E-state index contributed by atoms with van der Waals surface area (Å²) in [6.07, 6.45) is -4.32. The van der Waals surface area contributed by atoms with Crippen LogP contribution in [0.1, 0.15) is 18.1 Å². The van der Waals surface area contributed by atoms with Gasteiger partial charge < -0.3 is 15.4 Å². The molecule has 0 spiro atoms. The second kappa shape index (κ2) is 8.63. The maximum atomic E-state index is 11.9. The Morgan fingerprint density at radius 1 is 1.24 bits per heavy atom. The summed E-state index contributed by atoms with van der Waals surface area (Å²) in [6, 6.07) is 7.43. The molecule has 21 heavy (non-hydrogen) atoms. The van der Waals surface area contributed by atoms with Crippen LogP contribution in [0.3, 0.4) is 0 Å². The average molecular weight is 304 g/mol. The third kappa shape index (κ3) is 7.67. The lowest BCUT2D eigenvalue weighted by Crippen LogP contribution is -2.38. The van der Waals surface area contributed by atoms with E-state index in [1.54, 1.807) is 0 Å². The lowest BCUT2D eigenvalue weighted by atomic mass is 10.1. The minimum absolute atomic E-state index is 0.260. The van der Waals surface area contributed by atoms with Gasteiger partial charge in [0.2, 0.25) is 5.91 Å². The number of amides is 1. The molecular formula is C14H19F3N2O2. The molecule has 0 aromatic heterocycles. The average Bonchev–Trinajstić information content (AvgIpc) is 2.42. The summed E-state index contributed by atoms with van der Waals surface area (Å²) in [5.41, 5.74) is 1.83. The van der Waals surface area contributed by atoms with Gasteiger partial charge in [0.1, 0.15) is 0 Å². The van der Waals surface area contributed by atoms with Crippen LogP contribution in [0.25, 0.3) is 0 Å². The number of benzene rings is 1. The first-order valence-electron chi connectivity index (χ1n) is 6.61. The molecule has 0 saturated carbocycles. The summed E-state index contributed by atoms with van der Waals surface area (Å²) in [7, 11) is 0. The van der Waals surface area contributed by atoms with E-state index in [1.165, 1.54) is 0 Å². The van der Waals surface area contributed by atoms with Crippen molar-refractivity contribution in [3.63, 3.8) is 0 Å². The fourth-order valence-electron chi connectivity index (χ4n) is 1.66. The zero-order valence-electron chi connectivity index (χ0n) is 11.8. The molecule has 1 amide bonds. The van der Waals surface area contributed by atoms with E-state index in [1.807, 2.05) is 36.5 Å². The van der Waals surface area contributed by atoms with Crippen molar-refractivity contribution in [1.82, 2.24) is 10.6 Å². The van der Waals surface area contributed by atoms with Gasteiger partial charge in [0.15, 0.2) is 0 Å². The van der Waals surface area contributed by atoms with E-state index in [-0.39, 0.29) is 13.1 Å². The molecule has 0 unspecified atom stereocenters. The number of halogens is 3. The molecule has 0 radical (unpaired) electrons. The summed E-state index contributed by atoms with van der Waals surface area (Å²) in [6.45, 7) is 1.62. The molecule has 0 aliphatic heterocycles. The van der Waals surface area contributed by atoms with E-state index in [0.29, 0.717) is 13.2 Å². The van der Waals surface area contributed by atoms with Crippen molar-refractivity contribution in [2.45, 2.75) is 26.3 Å². The zero-order chi connectivity index (χ0) is 15.7. The standard InChI is InChI=1S/C14H19F3N2O2/c1-2-21-9-12-6-4-3-5-11(12)7-19-13(20)8-18-10-14(15,16)17/h3-6,18H,2,7-10H2,1H3,(H,19,20). The smallest absolute Gasteiger partial charge is 0.377 e. The Morgan fingerprint density at radius 2 is 1.90 bits per heavy atom. The van der Waals surface area contributed by atoms with Crippen molar-refractivity contribution in [3.05, 3.63) is 35.4 Å². The minimum Gasteiger partial charge on any atom is -0.377 e. The van der Waals surface area contributed by atoms with E-state index in [9.17, 15) is 18.0 Å². The van der Waals surface area contributed by atoms with Crippen LogP contribution in [0.2, 0.25) is 0 Å². The third-order valence-electron chi connectivity index (χ3n) is 2.67. The Bertz CT molecular complexity index is 450. The number of ether oxygens (including phenoxy) is 1. The first-order chi connectivity index (χ1) is 9.92. The Kier molecular flexibility index (Phi) is 7.18. The molecule has 0 aliphatic carbocycles. The second-order valence-electron chi connectivity index (χ2n) is 4.40. The molecule has 0 aliphatic rings. The maximum absolute atomic E-state index is 11.9. The van der Waals surface area contributed by atoms with E-state index >= 15 is 0 Å². The van der Waals surface area contributed by atoms with Crippen LogP contribution in [0.5, 0.6) is 0 Å². The van der Waals surface area contributed by atoms with Gasteiger partial charge in [-0.05, 0) is 18.1 Å². The number of rotatable bonds is 8. The van der Waals surface area contributed by atoms with Gasteiger partial charge in [0.25, 0.3) is 0 Å². The first kappa shape index (κ1) is 17.5. The molecule has 2 N–H and O–H groups in total. The molecule has 0 bridgehead atoms. The van der Waals surface area contributed by atoms with E-state index in [4.69, 9.17) is 4.74 Å². The Hall–Kier alpha value is -1.60. The topological polar surface area (TPSA) is 50.4 Å². The molecule has 0 saturated heterocycles. The third-order valence-corrected chi connectivity index (χ3v) is 2.67. The highest BCUT2D eigenvalue weighted by molar-refractivity contribution is 5.78. The van der Waals surface area contributed by atoms with Gasteiger partial charge in [-0.2, -0.15) is 13.2 Å². The second-order valence-corrected chi connectivity index (χ2v) is 4.40. The molecule has 0 atom stereocenters. The van der Waals surface area contributed by atoms with Crippen LogP contribution in [0.4, 0.5) is 13.2 Å². The van der Waals surface area contributed by atoms with Gasteiger partial charge in [0, 0.05) is 13.2 Å². The zero-order valence-corrected chi connectivity index (χ0v) is 11.8. The fourth-order valence-corrected chi connectivity index (χ4v) is 1.66. The lowest BCUT2D eigenvalue weighted by Gasteiger charge is -2.11. The van der Waals surface area contributed by atoms with Crippen molar-refractivity contribution in [1.29, 1.82) is 0 Å². The van der Waals surface area contributed by atoms with Gasteiger partial charge in [-0.25, -0.2) is 0 Å². The SMILES string of the molecule is CCOCc1ccccc1CNC(=O)CNCC(F)(F)F. The van der Waals surface area contributed by atoms with Crippen molar-refractivity contribution in [2.24, 2.45) is 0 Å². The molecule has 1 rings (SSSR count). The molecule has 0 heterocycles. The summed E-state index contributed by atoms with van der Waals surface area (Å²) in [4.78, 5) is 11.5. The van der Waals surface area contributed by atoms with Gasteiger partial charge >= 0.3 is 6.18 Å². The lowest BCUT2D eigenvalue weighted by molar-refractivity contribution is -0.128. The molecule has 118 valence electrons. The van der Waals surface area contributed by atoms with Gasteiger partial charge in [-0.3, -0.25) is 4.79 Å². The summed E-state index contributed by atoms with van der Waals surface area (Å²) < 4.78 is 41.1. The highest BCUT2D eigenvalue weighted by atomic mass is 19.4. The molecular weight excluding hydrogens is 285 g/mol. The predicted molar refractivity (Wildman–Crippen MR) is 72.5 cm³/mol. The van der Waals surface area contributed by atoms with Crippen LogP contribution in [0, 0.1) is 0 Å². The van der Waals surface area contributed by atoms with Gasteiger partial charge in [0.05, 0.1) is 19.7 Å². The monoisotopic (exact) mass is 304 g/mol. The summed E-state index contributed by atoms with van der Waals surface area (Å²) >= 11 is 0. The van der Waals surface area contributed by atoms with Gasteiger partial charge in [-0.15, -0.1) is 0 Å². The molecule has 7 heteroatoms. The van der Waals surface area contributed by atoms with Crippen molar-refractivity contribution < 1.29 is 22.7 Å². The number of nitrogens with one attached hydrogen (secondary N) is 2. The molecule has 0 fully saturated rings. The Labute approximate surface area is 121 Å². The maximum Gasteiger partial charge on any atom is 0.401 e. The van der Waals surface area contributed by atoms with E-state index in [2.05, 4.69) is 5.32 Å². The number of alkyl halides is 3. The highest BCUT2D eigenvalue weighted by Gasteiger charge is 2.26. The van der Waals surface area contributed by atoms with E-state index < -0.39 is 18.6 Å². The number of carbonyl (C=O) groups excluding carboxylic acids is 1. The summed E-state index contributed by atoms with van der Waals surface area (Å²) in [5.74, 6) is -0.481. The predicted octanol–water partition coefficient (Wildman–Crippen LogP) is 1.99. The quantitative estimate of drug-likeness (QED) is 0.772. The van der Waals surface area contributed by atoms with Crippen LogP contribution in [-0.2, 0) is 22.7 Å². The summed E-state index contributed by atoms with van der Waals surface area (Å²) in [5, 5.41) is 4.63.